The molecule has 0 aromatic carbocycles. The highest BCUT2D eigenvalue weighted by atomic mass is 16.5. The quantitative estimate of drug-likeness (QED) is 0.740. The first-order chi connectivity index (χ1) is 7.79. The normalized spacial score (nSPS) is 32.2. The molecular weight excluding hydrogens is 212 g/mol. The second kappa shape index (κ2) is 5.53. The summed E-state index contributed by atoms with van der Waals surface area (Å²) in [6.07, 6.45) is 6.95. The molecule has 1 N–H and O–H groups in total. The highest BCUT2D eigenvalue weighted by Crippen LogP contribution is 2.38. The number of hydrogen-bond acceptors (Lipinski definition) is 2. The summed E-state index contributed by atoms with van der Waals surface area (Å²) in [5, 5.41) is 10.5. The van der Waals surface area contributed by atoms with E-state index in [4.69, 9.17) is 4.74 Å². The van der Waals surface area contributed by atoms with Crippen LogP contribution in [-0.4, -0.2) is 22.4 Å². The van der Waals surface area contributed by atoms with Crippen LogP contribution in [0.5, 0.6) is 0 Å². The third kappa shape index (κ3) is 4.11. The standard InChI is InChI=1S/C15H28O2/c1-6-14(4)11-9-13(17-14)15(5,16)10-7-8-12(2)3/h8,13,16H,6-7,9-11H2,1-5H3/t13-,14+,15-/m1/s1. The van der Waals surface area contributed by atoms with E-state index in [2.05, 4.69) is 33.8 Å². The molecule has 1 rings (SSSR count). The Kier molecular flexibility index (Phi) is 4.79. The predicted octanol–water partition coefficient (Wildman–Crippen LogP) is 3.83. The first-order valence-corrected chi connectivity index (χ1v) is 6.83. The Balaban J connectivity index is 2.51. The van der Waals surface area contributed by atoms with E-state index in [1.807, 2.05) is 6.92 Å². The van der Waals surface area contributed by atoms with Gasteiger partial charge in [-0.05, 0) is 59.8 Å². The second-order valence-electron chi connectivity index (χ2n) is 6.13. The van der Waals surface area contributed by atoms with E-state index in [1.165, 1.54) is 5.57 Å². The van der Waals surface area contributed by atoms with Gasteiger partial charge < -0.3 is 9.84 Å². The molecular formula is C15H28O2. The topological polar surface area (TPSA) is 29.5 Å². The summed E-state index contributed by atoms with van der Waals surface area (Å²) in [6, 6.07) is 0. The molecule has 0 amide bonds. The van der Waals surface area contributed by atoms with E-state index in [1.54, 1.807) is 0 Å². The maximum absolute atomic E-state index is 10.5. The molecule has 1 heterocycles. The van der Waals surface area contributed by atoms with Crippen molar-refractivity contribution < 1.29 is 9.84 Å². The Morgan fingerprint density at radius 1 is 1.53 bits per heavy atom. The van der Waals surface area contributed by atoms with Crippen molar-refractivity contribution in [2.75, 3.05) is 0 Å². The average Bonchev–Trinajstić information content (AvgIpc) is 2.62. The van der Waals surface area contributed by atoms with Crippen LogP contribution in [0, 0.1) is 0 Å². The van der Waals surface area contributed by atoms with Gasteiger partial charge in [0.15, 0.2) is 0 Å². The summed E-state index contributed by atoms with van der Waals surface area (Å²) in [4.78, 5) is 0. The molecule has 0 aromatic rings. The second-order valence-corrected chi connectivity index (χ2v) is 6.13. The van der Waals surface area contributed by atoms with E-state index >= 15 is 0 Å². The number of rotatable bonds is 5. The van der Waals surface area contributed by atoms with Gasteiger partial charge in [-0.2, -0.15) is 0 Å². The predicted molar refractivity (Wildman–Crippen MR) is 72.1 cm³/mol. The van der Waals surface area contributed by atoms with Gasteiger partial charge in [0.05, 0.1) is 17.3 Å². The molecule has 17 heavy (non-hydrogen) atoms. The van der Waals surface area contributed by atoms with Gasteiger partial charge >= 0.3 is 0 Å². The van der Waals surface area contributed by atoms with Crippen LogP contribution in [0.1, 0.15) is 66.7 Å². The Labute approximate surface area is 106 Å². The van der Waals surface area contributed by atoms with E-state index in [9.17, 15) is 5.11 Å². The lowest BCUT2D eigenvalue weighted by atomic mass is 9.90. The van der Waals surface area contributed by atoms with Gasteiger partial charge in [-0.3, -0.25) is 0 Å². The first-order valence-electron chi connectivity index (χ1n) is 6.83. The fourth-order valence-corrected chi connectivity index (χ4v) is 2.41. The van der Waals surface area contributed by atoms with Gasteiger partial charge in [0.2, 0.25) is 0 Å². The van der Waals surface area contributed by atoms with Crippen molar-refractivity contribution in [3.63, 3.8) is 0 Å². The minimum Gasteiger partial charge on any atom is -0.387 e. The largest absolute Gasteiger partial charge is 0.387 e. The van der Waals surface area contributed by atoms with Crippen LogP contribution in [0.4, 0.5) is 0 Å². The lowest BCUT2D eigenvalue weighted by molar-refractivity contribution is -0.127. The van der Waals surface area contributed by atoms with Crippen LogP contribution in [0.3, 0.4) is 0 Å². The zero-order valence-corrected chi connectivity index (χ0v) is 12.0. The molecule has 0 radical (unpaired) electrons. The van der Waals surface area contributed by atoms with Crippen LogP contribution in [-0.2, 0) is 4.74 Å². The molecule has 0 unspecified atom stereocenters. The van der Waals surface area contributed by atoms with Crippen LogP contribution >= 0.6 is 0 Å². The zero-order chi connectivity index (χ0) is 13.1. The summed E-state index contributed by atoms with van der Waals surface area (Å²) < 4.78 is 6.05. The smallest absolute Gasteiger partial charge is 0.0883 e. The molecule has 0 aromatic heterocycles. The van der Waals surface area contributed by atoms with E-state index in [0.29, 0.717) is 0 Å². The molecule has 0 spiro atoms. The van der Waals surface area contributed by atoms with Crippen molar-refractivity contribution in [3.05, 3.63) is 11.6 Å². The van der Waals surface area contributed by atoms with Crippen molar-refractivity contribution in [3.8, 4) is 0 Å². The molecule has 0 saturated carbocycles. The third-order valence-corrected chi connectivity index (χ3v) is 4.01. The summed E-state index contributed by atoms with van der Waals surface area (Å²) in [6.45, 7) is 10.4. The number of aliphatic hydroxyl groups is 1. The van der Waals surface area contributed by atoms with Crippen LogP contribution in [0.2, 0.25) is 0 Å². The van der Waals surface area contributed by atoms with E-state index in [-0.39, 0.29) is 11.7 Å². The molecule has 1 aliphatic rings. The fraction of sp³-hybridized carbons (Fsp3) is 0.867. The van der Waals surface area contributed by atoms with Crippen LogP contribution in [0.15, 0.2) is 11.6 Å². The number of allylic oxidation sites excluding steroid dienone is 2. The lowest BCUT2D eigenvalue weighted by Crippen LogP contribution is -2.40. The van der Waals surface area contributed by atoms with Crippen molar-refractivity contribution in [2.24, 2.45) is 0 Å². The molecule has 2 nitrogen and oxygen atoms in total. The summed E-state index contributed by atoms with van der Waals surface area (Å²) in [7, 11) is 0. The minimum atomic E-state index is -0.696. The first kappa shape index (κ1) is 14.7. The van der Waals surface area contributed by atoms with Crippen molar-refractivity contribution in [1.29, 1.82) is 0 Å². The number of ether oxygens (including phenoxy) is 1. The van der Waals surface area contributed by atoms with Gasteiger partial charge in [0.25, 0.3) is 0 Å². The highest BCUT2D eigenvalue weighted by Gasteiger charge is 2.42. The van der Waals surface area contributed by atoms with E-state index < -0.39 is 5.60 Å². The Hall–Kier alpha value is -0.340. The molecule has 2 heteroatoms. The monoisotopic (exact) mass is 240 g/mol. The lowest BCUT2D eigenvalue weighted by Gasteiger charge is -2.32. The molecule has 1 saturated heterocycles. The molecule has 1 fully saturated rings. The molecule has 0 aliphatic carbocycles. The Morgan fingerprint density at radius 2 is 2.18 bits per heavy atom. The summed E-state index contributed by atoms with van der Waals surface area (Å²) in [5.74, 6) is 0. The van der Waals surface area contributed by atoms with Crippen molar-refractivity contribution in [1.82, 2.24) is 0 Å². The highest BCUT2D eigenvalue weighted by molar-refractivity contribution is 4.97. The summed E-state index contributed by atoms with van der Waals surface area (Å²) >= 11 is 0. The average molecular weight is 240 g/mol. The van der Waals surface area contributed by atoms with Gasteiger partial charge in [-0.25, -0.2) is 0 Å². The minimum absolute atomic E-state index is 0.00184. The van der Waals surface area contributed by atoms with Gasteiger partial charge in [0.1, 0.15) is 0 Å². The maximum Gasteiger partial charge on any atom is 0.0883 e. The molecule has 100 valence electrons. The molecule has 3 atom stereocenters. The van der Waals surface area contributed by atoms with Gasteiger partial charge in [-0.15, -0.1) is 0 Å². The van der Waals surface area contributed by atoms with Crippen molar-refractivity contribution in [2.45, 2.75) is 84.0 Å². The van der Waals surface area contributed by atoms with Crippen LogP contribution in [0.25, 0.3) is 0 Å². The van der Waals surface area contributed by atoms with Crippen molar-refractivity contribution >= 4 is 0 Å². The van der Waals surface area contributed by atoms with Crippen LogP contribution < -0.4 is 0 Å². The van der Waals surface area contributed by atoms with Gasteiger partial charge in [0, 0.05) is 0 Å². The fourth-order valence-electron chi connectivity index (χ4n) is 2.41. The summed E-state index contributed by atoms with van der Waals surface area (Å²) in [5.41, 5.74) is 0.593. The maximum atomic E-state index is 10.5. The third-order valence-electron chi connectivity index (χ3n) is 4.01. The van der Waals surface area contributed by atoms with Gasteiger partial charge in [-0.1, -0.05) is 18.6 Å². The van der Waals surface area contributed by atoms with E-state index in [0.717, 1.165) is 32.1 Å². The molecule has 1 aliphatic heterocycles. The zero-order valence-electron chi connectivity index (χ0n) is 12.0. The SMILES string of the molecule is CC[C@@]1(C)CC[C@H]([C@](C)(O)CCC=C(C)C)O1. The molecule has 0 bridgehead atoms. The Bertz CT molecular complexity index is 277. The number of hydrogen-bond donors (Lipinski definition) is 1. The Morgan fingerprint density at radius 3 is 2.65 bits per heavy atom.